The van der Waals surface area contributed by atoms with E-state index in [-0.39, 0.29) is 0 Å². The van der Waals surface area contributed by atoms with Crippen molar-refractivity contribution in [3.63, 3.8) is 0 Å². The second-order valence-corrected chi connectivity index (χ2v) is 4.39. The summed E-state index contributed by atoms with van der Waals surface area (Å²) in [5.74, 6) is 1.89. The van der Waals surface area contributed by atoms with Crippen LogP contribution in [0.1, 0.15) is 18.4 Å². The van der Waals surface area contributed by atoms with Gasteiger partial charge in [0.15, 0.2) is 5.82 Å². The van der Waals surface area contributed by atoms with Crippen molar-refractivity contribution in [3.8, 4) is 5.88 Å². The molecule has 112 valence electrons. The van der Waals surface area contributed by atoms with Crippen LogP contribution in [0, 0.1) is 0 Å². The van der Waals surface area contributed by atoms with Crippen molar-refractivity contribution in [2.45, 2.75) is 20.0 Å². The highest BCUT2D eigenvalue weighted by atomic mass is 16.5. The SMILES string of the molecule is CCNc1cc(OCCc2ccccn2)nc(COC)n1. The van der Waals surface area contributed by atoms with Crippen LogP contribution in [-0.2, 0) is 17.8 Å². The van der Waals surface area contributed by atoms with Gasteiger partial charge in [0.05, 0.1) is 6.61 Å². The van der Waals surface area contributed by atoms with Gasteiger partial charge >= 0.3 is 0 Å². The summed E-state index contributed by atoms with van der Waals surface area (Å²) in [5, 5.41) is 3.16. The Kier molecular flexibility index (Phi) is 5.90. The Morgan fingerprint density at radius 1 is 1.24 bits per heavy atom. The second-order valence-electron chi connectivity index (χ2n) is 4.39. The van der Waals surface area contributed by atoms with Crippen molar-refractivity contribution in [1.82, 2.24) is 15.0 Å². The maximum atomic E-state index is 5.70. The van der Waals surface area contributed by atoms with Crippen molar-refractivity contribution in [3.05, 3.63) is 42.0 Å². The zero-order valence-electron chi connectivity index (χ0n) is 12.4. The van der Waals surface area contributed by atoms with Gasteiger partial charge in [-0.05, 0) is 19.1 Å². The third-order valence-electron chi connectivity index (χ3n) is 2.71. The molecule has 1 N–H and O–H groups in total. The lowest BCUT2D eigenvalue weighted by atomic mass is 10.3. The second kappa shape index (κ2) is 8.16. The van der Waals surface area contributed by atoms with Gasteiger partial charge in [-0.2, -0.15) is 4.98 Å². The van der Waals surface area contributed by atoms with E-state index in [1.54, 1.807) is 19.4 Å². The van der Waals surface area contributed by atoms with Crippen LogP contribution in [0.5, 0.6) is 5.88 Å². The van der Waals surface area contributed by atoms with E-state index in [4.69, 9.17) is 9.47 Å². The summed E-state index contributed by atoms with van der Waals surface area (Å²) in [6.45, 7) is 3.68. The zero-order chi connectivity index (χ0) is 14.9. The molecule has 0 aliphatic rings. The highest BCUT2D eigenvalue weighted by Gasteiger charge is 2.05. The summed E-state index contributed by atoms with van der Waals surface area (Å²) >= 11 is 0. The van der Waals surface area contributed by atoms with Gasteiger partial charge < -0.3 is 14.8 Å². The largest absolute Gasteiger partial charge is 0.477 e. The molecule has 0 saturated heterocycles. The molecule has 0 unspecified atom stereocenters. The van der Waals surface area contributed by atoms with Gasteiger partial charge in [-0.1, -0.05) is 6.07 Å². The minimum Gasteiger partial charge on any atom is -0.477 e. The number of ether oxygens (including phenoxy) is 2. The minimum absolute atomic E-state index is 0.357. The van der Waals surface area contributed by atoms with Crippen LogP contribution in [-0.4, -0.2) is 35.2 Å². The molecule has 0 amide bonds. The Morgan fingerprint density at radius 2 is 2.14 bits per heavy atom. The van der Waals surface area contributed by atoms with Crippen LogP contribution in [0.15, 0.2) is 30.5 Å². The lowest BCUT2D eigenvalue weighted by molar-refractivity contribution is 0.176. The molecular formula is C15H20N4O2. The molecule has 2 aromatic rings. The molecule has 2 heterocycles. The molecule has 0 spiro atoms. The molecule has 0 aliphatic heterocycles. The van der Waals surface area contributed by atoms with Crippen LogP contribution >= 0.6 is 0 Å². The number of hydrogen-bond acceptors (Lipinski definition) is 6. The minimum atomic E-state index is 0.357. The monoisotopic (exact) mass is 288 g/mol. The summed E-state index contributed by atoms with van der Waals surface area (Å²) in [6, 6.07) is 7.63. The Balaban J connectivity index is 1.97. The van der Waals surface area contributed by atoms with Crippen molar-refractivity contribution in [2.24, 2.45) is 0 Å². The van der Waals surface area contributed by atoms with Crippen LogP contribution in [0.3, 0.4) is 0 Å². The highest BCUT2D eigenvalue weighted by Crippen LogP contribution is 2.14. The van der Waals surface area contributed by atoms with E-state index in [9.17, 15) is 0 Å². The molecular weight excluding hydrogens is 268 g/mol. The topological polar surface area (TPSA) is 69.2 Å². The summed E-state index contributed by atoms with van der Waals surface area (Å²) in [6.07, 6.45) is 2.51. The van der Waals surface area contributed by atoms with Crippen LogP contribution in [0.25, 0.3) is 0 Å². The number of nitrogens with one attached hydrogen (secondary N) is 1. The first-order valence-corrected chi connectivity index (χ1v) is 6.95. The normalized spacial score (nSPS) is 10.4. The Morgan fingerprint density at radius 3 is 2.86 bits per heavy atom. The van der Waals surface area contributed by atoms with Gasteiger partial charge in [0.2, 0.25) is 5.88 Å². The lowest BCUT2D eigenvalue weighted by Crippen LogP contribution is -2.08. The fraction of sp³-hybridized carbons (Fsp3) is 0.400. The molecule has 0 saturated carbocycles. The number of anilines is 1. The summed E-state index contributed by atoms with van der Waals surface area (Å²) < 4.78 is 10.8. The third kappa shape index (κ3) is 5.00. The van der Waals surface area contributed by atoms with Gasteiger partial charge in [0.1, 0.15) is 12.4 Å². The first kappa shape index (κ1) is 15.2. The number of hydrogen-bond donors (Lipinski definition) is 1. The molecule has 0 bridgehead atoms. The van der Waals surface area contributed by atoms with Crippen LogP contribution in [0.2, 0.25) is 0 Å². The van der Waals surface area contributed by atoms with E-state index in [1.165, 1.54) is 0 Å². The van der Waals surface area contributed by atoms with Gasteiger partial charge in [-0.15, -0.1) is 0 Å². The van der Waals surface area contributed by atoms with Crippen molar-refractivity contribution < 1.29 is 9.47 Å². The first-order valence-electron chi connectivity index (χ1n) is 6.95. The average molecular weight is 288 g/mol. The zero-order valence-corrected chi connectivity index (χ0v) is 12.4. The molecule has 0 fully saturated rings. The number of rotatable bonds is 8. The third-order valence-corrected chi connectivity index (χ3v) is 2.71. The van der Waals surface area contributed by atoms with Crippen LogP contribution in [0.4, 0.5) is 5.82 Å². The van der Waals surface area contributed by atoms with Gasteiger partial charge in [0, 0.05) is 38.0 Å². The van der Waals surface area contributed by atoms with Crippen molar-refractivity contribution in [1.29, 1.82) is 0 Å². The fourth-order valence-corrected chi connectivity index (χ4v) is 1.82. The predicted octanol–water partition coefficient (Wildman–Crippen LogP) is 2.07. The average Bonchev–Trinajstić information content (AvgIpc) is 2.49. The number of aromatic nitrogens is 3. The first-order chi connectivity index (χ1) is 10.3. The molecule has 0 atom stereocenters. The maximum absolute atomic E-state index is 5.70. The van der Waals surface area contributed by atoms with Crippen molar-refractivity contribution in [2.75, 3.05) is 25.6 Å². The van der Waals surface area contributed by atoms with E-state index in [0.717, 1.165) is 24.5 Å². The lowest BCUT2D eigenvalue weighted by Gasteiger charge is -2.09. The Bertz CT molecular complexity index is 524. The smallest absolute Gasteiger partial charge is 0.218 e. The maximum Gasteiger partial charge on any atom is 0.218 e. The van der Waals surface area contributed by atoms with Crippen LogP contribution < -0.4 is 10.1 Å². The van der Waals surface area contributed by atoms with E-state index < -0.39 is 0 Å². The number of methoxy groups -OCH3 is 1. The molecule has 6 nitrogen and oxygen atoms in total. The molecule has 0 radical (unpaired) electrons. The summed E-state index contributed by atoms with van der Waals surface area (Å²) in [4.78, 5) is 12.9. The van der Waals surface area contributed by atoms with Gasteiger partial charge in [-0.3, -0.25) is 4.98 Å². The van der Waals surface area contributed by atoms with E-state index >= 15 is 0 Å². The number of pyridine rings is 1. The summed E-state index contributed by atoms with van der Waals surface area (Å²) in [7, 11) is 1.62. The predicted molar refractivity (Wildman–Crippen MR) is 80.3 cm³/mol. The molecule has 0 aromatic carbocycles. The van der Waals surface area contributed by atoms with E-state index in [2.05, 4.69) is 20.3 Å². The highest BCUT2D eigenvalue weighted by molar-refractivity contribution is 5.38. The Labute approximate surface area is 124 Å². The Hall–Kier alpha value is -2.21. The molecule has 2 rings (SSSR count). The molecule has 6 heteroatoms. The van der Waals surface area contributed by atoms with Gasteiger partial charge in [0.25, 0.3) is 0 Å². The molecule has 2 aromatic heterocycles. The summed E-state index contributed by atoms with van der Waals surface area (Å²) in [5.41, 5.74) is 0.996. The number of nitrogens with zero attached hydrogens (tertiary/aromatic N) is 3. The van der Waals surface area contributed by atoms with Crippen molar-refractivity contribution >= 4 is 5.82 Å². The van der Waals surface area contributed by atoms with Gasteiger partial charge in [-0.25, -0.2) is 4.98 Å². The van der Waals surface area contributed by atoms with E-state index in [0.29, 0.717) is 24.9 Å². The molecule has 21 heavy (non-hydrogen) atoms. The fourth-order valence-electron chi connectivity index (χ4n) is 1.82. The quantitative estimate of drug-likeness (QED) is 0.802. The standard InChI is InChI=1S/C15H20N4O2/c1-3-16-13-10-15(19-14(18-13)11-20-2)21-9-7-12-6-4-5-8-17-12/h4-6,8,10H,3,7,9,11H2,1-2H3,(H,16,18,19). The van der Waals surface area contributed by atoms with E-state index in [1.807, 2.05) is 25.1 Å². The molecule has 0 aliphatic carbocycles.